The lowest BCUT2D eigenvalue weighted by atomic mass is 10.1. The highest BCUT2D eigenvalue weighted by molar-refractivity contribution is 7.13. The van der Waals surface area contributed by atoms with E-state index in [9.17, 15) is 4.79 Å². The van der Waals surface area contributed by atoms with Gasteiger partial charge in [-0.2, -0.15) is 0 Å². The summed E-state index contributed by atoms with van der Waals surface area (Å²) in [5.41, 5.74) is 6.39. The lowest BCUT2D eigenvalue weighted by Gasteiger charge is -2.17. The Labute approximate surface area is 120 Å². The van der Waals surface area contributed by atoms with Gasteiger partial charge in [0.15, 0.2) is 5.84 Å². The van der Waals surface area contributed by atoms with Gasteiger partial charge in [0.25, 0.3) is 5.91 Å². The molecular weight excluding hydrogens is 276 g/mol. The number of thiazole rings is 1. The monoisotopic (exact) mass is 290 g/mol. The summed E-state index contributed by atoms with van der Waals surface area (Å²) >= 11 is 1.29. The standard InChI is InChI=1S/C13H14N4O2S/c1-8-15-7-10(20-8)13(18)16-11(12(14)17-19)9-5-3-2-4-6-9/h2-7,11,19H,1H3,(H2,14,17)(H,16,18). The van der Waals surface area contributed by atoms with Crippen molar-refractivity contribution >= 4 is 23.1 Å². The van der Waals surface area contributed by atoms with E-state index in [1.54, 1.807) is 12.1 Å². The molecule has 0 spiro atoms. The van der Waals surface area contributed by atoms with Gasteiger partial charge in [0.05, 0.1) is 11.2 Å². The maximum atomic E-state index is 12.1. The van der Waals surface area contributed by atoms with E-state index in [1.165, 1.54) is 17.5 Å². The smallest absolute Gasteiger partial charge is 0.263 e. The van der Waals surface area contributed by atoms with Gasteiger partial charge in [-0.15, -0.1) is 11.3 Å². The third-order valence-corrected chi connectivity index (χ3v) is 3.58. The van der Waals surface area contributed by atoms with E-state index in [1.807, 2.05) is 25.1 Å². The number of carbonyl (C=O) groups is 1. The Morgan fingerprint density at radius 1 is 1.45 bits per heavy atom. The second kappa shape index (κ2) is 6.16. The van der Waals surface area contributed by atoms with E-state index in [4.69, 9.17) is 10.9 Å². The summed E-state index contributed by atoms with van der Waals surface area (Å²) in [5, 5.41) is 15.4. The summed E-state index contributed by atoms with van der Waals surface area (Å²) in [4.78, 5) is 16.6. The number of carbonyl (C=O) groups excluding carboxylic acids is 1. The third kappa shape index (κ3) is 3.12. The number of nitrogens with zero attached hydrogens (tertiary/aromatic N) is 2. The molecule has 2 aromatic rings. The molecule has 0 aliphatic heterocycles. The van der Waals surface area contributed by atoms with Crippen molar-refractivity contribution in [2.45, 2.75) is 13.0 Å². The van der Waals surface area contributed by atoms with E-state index < -0.39 is 6.04 Å². The fraction of sp³-hybridized carbons (Fsp3) is 0.154. The molecule has 4 N–H and O–H groups in total. The van der Waals surface area contributed by atoms with Crippen LogP contribution in [-0.4, -0.2) is 21.9 Å². The van der Waals surface area contributed by atoms with Crippen molar-refractivity contribution in [3.63, 3.8) is 0 Å². The fourth-order valence-electron chi connectivity index (χ4n) is 1.70. The van der Waals surface area contributed by atoms with Crippen molar-refractivity contribution in [3.8, 4) is 0 Å². The highest BCUT2D eigenvalue weighted by Gasteiger charge is 2.20. The summed E-state index contributed by atoms with van der Waals surface area (Å²) in [5.74, 6) is -0.387. The lowest BCUT2D eigenvalue weighted by Crippen LogP contribution is -2.37. The number of nitrogens with two attached hydrogens (primary N) is 1. The van der Waals surface area contributed by atoms with Gasteiger partial charge in [-0.25, -0.2) is 4.98 Å². The molecule has 0 aliphatic rings. The first-order valence-corrected chi connectivity index (χ1v) is 6.69. The number of benzene rings is 1. The highest BCUT2D eigenvalue weighted by Crippen LogP contribution is 2.16. The average Bonchev–Trinajstić information content (AvgIpc) is 2.91. The fourth-order valence-corrected chi connectivity index (χ4v) is 2.38. The number of amidine groups is 1. The first kappa shape index (κ1) is 14.0. The van der Waals surface area contributed by atoms with Crippen molar-refractivity contribution in [2.24, 2.45) is 10.9 Å². The molecule has 0 radical (unpaired) electrons. The van der Waals surface area contributed by atoms with Crippen LogP contribution >= 0.6 is 11.3 Å². The van der Waals surface area contributed by atoms with Gasteiger partial charge in [0.1, 0.15) is 10.9 Å². The second-order valence-electron chi connectivity index (χ2n) is 4.09. The predicted octanol–water partition coefficient (Wildman–Crippen LogP) is 1.67. The van der Waals surface area contributed by atoms with Gasteiger partial charge in [-0.05, 0) is 12.5 Å². The van der Waals surface area contributed by atoms with Gasteiger partial charge < -0.3 is 16.3 Å². The van der Waals surface area contributed by atoms with Crippen LogP contribution in [0.5, 0.6) is 0 Å². The summed E-state index contributed by atoms with van der Waals surface area (Å²) in [6.07, 6.45) is 1.50. The van der Waals surface area contributed by atoms with Crippen LogP contribution in [0, 0.1) is 6.92 Å². The molecule has 1 aromatic heterocycles. The lowest BCUT2D eigenvalue weighted by molar-refractivity contribution is 0.0950. The van der Waals surface area contributed by atoms with Crippen LogP contribution < -0.4 is 11.1 Å². The number of nitrogens with one attached hydrogen (secondary N) is 1. The average molecular weight is 290 g/mol. The summed E-state index contributed by atoms with van der Waals surface area (Å²) in [6.45, 7) is 1.82. The van der Waals surface area contributed by atoms with Gasteiger partial charge >= 0.3 is 0 Å². The van der Waals surface area contributed by atoms with Crippen LogP contribution in [0.3, 0.4) is 0 Å². The molecule has 7 heteroatoms. The predicted molar refractivity (Wildman–Crippen MR) is 76.9 cm³/mol. The number of oxime groups is 1. The largest absolute Gasteiger partial charge is 0.409 e. The Bertz CT molecular complexity index is 624. The molecule has 0 aliphatic carbocycles. The zero-order chi connectivity index (χ0) is 14.5. The number of rotatable bonds is 4. The van der Waals surface area contributed by atoms with Crippen molar-refractivity contribution in [2.75, 3.05) is 0 Å². The van der Waals surface area contributed by atoms with Crippen molar-refractivity contribution < 1.29 is 10.0 Å². The van der Waals surface area contributed by atoms with Gasteiger partial charge in [-0.3, -0.25) is 4.79 Å². The summed E-state index contributed by atoms with van der Waals surface area (Å²) < 4.78 is 0. The number of hydrogen-bond acceptors (Lipinski definition) is 5. The first-order valence-electron chi connectivity index (χ1n) is 5.87. The number of amides is 1. The molecule has 2 rings (SSSR count). The molecule has 1 heterocycles. The number of aromatic nitrogens is 1. The second-order valence-corrected chi connectivity index (χ2v) is 5.32. The summed E-state index contributed by atoms with van der Waals surface area (Å²) in [6, 6.07) is 8.38. The first-order chi connectivity index (χ1) is 9.61. The minimum atomic E-state index is -0.684. The van der Waals surface area contributed by atoms with Crippen LogP contribution in [0.15, 0.2) is 41.7 Å². The molecule has 0 saturated heterocycles. The van der Waals surface area contributed by atoms with E-state index in [0.717, 1.165) is 10.6 Å². The van der Waals surface area contributed by atoms with Crippen LogP contribution in [-0.2, 0) is 0 Å². The molecular formula is C13H14N4O2S. The van der Waals surface area contributed by atoms with E-state index in [2.05, 4.69) is 15.5 Å². The Hall–Kier alpha value is -2.41. The quantitative estimate of drug-likeness (QED) is 0.345. The molecule has 1 atom stereocenters. The number of aryl methyl sites for hydroxylation is 1. The Morgan fingerprint density at radius 2 is 2.15 bits per heavy atom. The molecule has 104 valence electrons. The molecule has 0 fully saturated rings. The van der Waals surface area contributed by atoms with Crippen LogP contribution in [0.25, 0.3) is 0 Å². The van der Waals surface area contributed by atoms with Crippen molar-refractivity contribution in [1.82, 2.24) is 10.3 Å². The third-order valence-electron chi connectivity index (χ3n) is 2.66. The van der Waals surface area contributed by atoms with Crippen LogP contribution in [0.4, 0.5) is 0 Å². The van der Waals surface area contributed by atoms with Gasteiger partial charge in [0, 0.05) is 0 Å². The molecule has 1 amide bonds. The topological polar surface area (TPSA) is 101 Å². The maximum Gasteiger partial charge on any atom is 0.263 e. The molecule has 20 heavy (non-hydrogen) atoms. The highest BCUT2D eigenvalue weighted by atomic mass is 32.1. The minimum absolute atomic E-state index is 0.0780. The van der Waals surface area contributed by atoms with Gasteiger partial charge in [-0.1, -0.05) is 35.5 Å². The Kier molecular flexibility index (Phi) is 4.31. The summed E-state index contributed by atoms with van der Waals surface area (Å²) in [7, 11) is 0. The molecule has 1 aromatic carbocycles. The molecule has 1 unspecified atom stereocenters. The zero-order valence-corrected chi connectivity index (χ0v) is 11.6. The van der Waals surface area contributed by atoms with E-state index in [-0.39, 0.29) is 11.7 Å². The maximum absolute atomic E-state index is 12.1. The minimum Gasteiger partial charge on any atom is -0.409 e. The van der Waals surface area contributed by atoms with E-state index >= 15 is 0 Å². The van der Waals surface area contributed by atoms with Crippen molar-refractivity contribution in [3.05, 3.63) is 52.0 Å². The Balaban J connectivity index is 2.23. The van der Waals surface area contributed by atoms with Crippen LogP contribution in [0.2, 0.25) is 0 Å². The molecule has 0 bridgehead atoms. The molecule has 6 nitrogen and oxygen atoms in total. The SMILES string of the molecule is Cc1ncc(C(=O)NC(/C(N)=N/O)c2ccccc2)s1. The normalized spacial score (nSPS) is 12.9. The Morgan fingerprint density at radius 3 is 2.70 bits per heavy atom. The van der Waals surface area contributed by atoms with Gasteiger partial charge in [0.2, 0.25) is 0 Å². The number of hydrogen-bond donors (Lipinski definition) is 3. The van der Waals surface area contributed by atoms with Crippen LogP contribution in [0.1, 0.15) is 26.3 Å². The molecule has 0 saturated carbocycles. The zero-order valence-electron chi connectivity index (χ0n) is 10.8. The van der Waals surface area contributed by atoms with Crippen molar-refractivity contribution in [1.29, 1.82) is 0 Å². The van der Waals surface area contributed by atoms with E-state index in [0.29, 0.717) is 4.88 Å².